The molecule has 0 aliphatic carbocycles. The molecule has 0 aliphatic rings. The lowest BCUT2D eigenvalue weighted by molar-refractivity contribution is 0.0400. The molecule has 2 rings (SSSR count). The van der Waals surface area contributed by atoms with Gasteiger partial charge in [-0.2, -0.15) is 0 Å². The van der Waals surface area contributed by atoms with E-state index in [4.69, 9.17) is 0 Å². The Morgan fingerprint density at radius 2 is 2.00 bits per heavy atom. The molecule has 2 aromatic rings. The van der Waals surface area contributed by atoms with Crippen molar-refractivity contribution in [1.82, 2.24) is 9.97 Å². The highest BCUT2D eigenvalue weighted by molar-refractivity contribution is 5.95. The number of ketones is 1. The molecule has 0 saturated heterocycles. The maximum absolute atomic E-state index is 11.8. The van der Waals surface area contributed by atoms with E-state index in [-0.39, 0.29) is 12.2 Å². The summed E-state index contributed by atoms with van der Waals surface area (Å²) in [5.74, 6) is -0.107. The fraction of sp³-hybridized carbons (Fsp3) is 0.250. The van der Waals surface area contributed by atoms with Crippen LogP contribution in [-0.4, -0.2) is 20.9 Å². The van der Waals surface area contributed by atoms with Crippen LogP contribution < -0.4 is 0 Å². The van der Waals surface area contributed by atoms with Gasteiger partial charge in [0, 0.05) is 24.5 Å². The molecule has 0 amide bonds. The van der Waals surface area contributed by atoms with Crippen molar-refractivity contribution in [3.8, 4) is 0 Å². The molecule has 2 aromatic heterocycles. The van der Waals surface area contributed by atoms with Crippen molar-refractivity contribution >= 4 is 5.78 Å². The summed E-state index contributed by atoms with van der Waals surface area (Å²) in [6.45, 7) is 1.62. The Labute approximate surface area is 93.3 Å². The van der Waals surface area contributed by atoms with Crippen LogP contribution in [0.2, 0.25) is 0 Å². The Hall–Kier alpha value is -1.81. The first kappa shape index (κ1) is 10.7. The van der Waals surface area contributed by atoms with Crippen LogP contribution in [-0.2, 0) is 5.60 Å². The van der Waals surface area contributed by atoms with Crippen LogP contribution in [0.4, 0.5) is 0 Å². The third-order valence-electron chi connectivity index (χ3n) is 2.58. The highest BCUT2D eigenvalue weighted by atomic mass is 16.3. The van der Waals surface area contributed by atoms with Gasteiger partial charge >= 0.3 is 0 Å². The molecule has 0 saturated carbocycles. The van der Waals surface area contributed by atoms with Gasteiger partial charge in [0.1, 0.15) is 5.60 Å². The third-order valence-corrected chi connectivity index (χ3v) is 2.58. The fourth-order valence-corrected chi connectivity index (χ4v) is 1.67. The number of Topliss-reactive ketones (excluding diaryl/α,β-unsaturated/α-hetero) is 1. The topological polar surface area (TPSA) is 68.9 Å². The standard InChI is InChI=1S/C12H14N2O2/c1-12(16,11-5-3-7-14-11)8-10(15)9-4-2-6-13-9/h2-7,13-14,16H,8H2,1H3. The van der Waals surface area contributed by atoms with Crippen LogP contribution in [0.15, 0.2) is 36.7 Å². The Balaban J connectivity index is 2.13. The summed E-state index contributed by atoms with van der Waals surface area (Å²) in [4.78, 5) is 17.6. The van der Waals surface area contributed by atoms with Crippen LogP contribution in [0.1, 0.15) is 29.5 Å². The number of aliphatic hydroxyl groups is 1. The fourth-order valence-electron chi connectivity index (χ4n) is 1.67. The molecule has 3 N–H and O–H groups in total. The zero-order valence-corrected chi connectivity index (χ0v) is 9.03. The second-order valence-corrected chi connectivity index (χ2v) is 4.04. The molecule has 4 nitrogen and oxygen atoms in total. The van der Waals surface area contributed by atoms with Gasteiger partial charge in [-0.15, -0.1) is 0 Å². The number of carbonyl (C=O) groups excluding carboxylic acids is 1. The van der Waals surface area contributed by atoms with E-state index in [0.717, 1.165) is 0 Å². The summed E-state index contributed by atoms with van der Waals surface area (Å²) in [7, 11) is 0. The quantitative estimate of drug-likeness (QED) is 0.685. The molecule has 0 bridgehead atoms. The minimum absolute atomic E-state index is 0.0496. The van der Waals surface area contributed by atoms with Crippen LogP contribution in [0.25, 0.3) is 0 Å². The van der Waals surface area contributed by atoms with Gasteiger partial charge in [-0.1, -0.05) is 0 Å². The lowest BCUT2D eigenvalue weighted by atomic mass is 9.94. The van der Waals surface area contributed by atoms with Crippen molar-refractivity contribution in [2.24, 2.45) is 0 Å². The minimum atomic E-state index is -1.16. The van der Waals surface area contributed by atoms with E-state index in [1.165, 1.54) is 0 Å². The molecular formula is C12H14N2O2. The molecule has 0 fully saturated rings. The first-order chi connectivity index (χ1) is 7.59. The SMILES string of the molecule is CC(O)(CC(=O)c1ccc[nH]1)c1ccc[nH]1. The van der Waals surface area contributed by atoms with Crippen LogP contribution >= 0.6 is 0 Å². The average Bonchev–Trinajstić information content (AvgIpc) is 2.91. The minimum Gasteiger partial charge on any atom is -0.383 e. The number of rotatable bonds is 4. The van der Waals surface area contributed by atoms with E-state index in [1.54, 1.807) is 43.6 Å². The van der Waals surface area contributed by atoms with Gasteiger partial charge in [-0.25, -0.2) is 0 Å². The molecule has 4 heteroatoms. The smallest absolute Gasteiger partial charge is 0.182 e. The Morgan fingerprint density at radius 3 is 2.56 bits per heavy atom. The molecule has 0 radical (unpaired) electrons. The highest BCUT2D eigenvalue weighted by Crippen LogP contribution is 2.24. The van der Waals surface area contributed by atoms with Crippen molar-refractivity contribution in [1.29, 1.82) is 0 Å². The number of H-pyrrole nitrogens is 2. The summed E-state index contributed by atoms with van der Waals surface area (Å²) >= 11 is 0. The van der Waals surface area contributed by atoms with E-state index < -0.39 is 5.60 Å². The summed E-state index contributed by atoms with van der Waals surface area (Å²) in [6, 6.07) is 7.02. The van der Waals surface area contributed by atoms with E-state index in [2.05, 4.69) is 9.97 Å². The summed E-state index contributed by atoms with van der Waals surface area (Å²) < 4.78 is 0. The zero-order chi connectivity index (χ0) is 11.6. The second-order valence-electron chi connectivity index (χ2n) is 4.04. The summed E-state index contributed by atoms with van der Waals surface area (Å²) in [5, 5.41) is 10.2. The first-order valence-electron chi connectivity index (χ1n) is 5.12. The van der Waals surface area contributed by atoms with Gasteiger partial charge < -0.3 is 15.1 Å². The van der Waals surface area contributed by atoms with Gasteiger partial charge in [0.2, 0.25) is 0 Å². The Bertz CT molecular complexity index is 455. The van der Waals surface area contributed by atoms with Crippen LogP contribution in [0.3, 0.4) is 0 Å². The second kappa shape index (κ2) is 3.98. The molecule has 0 spiro atoms. The maximum Gasteiger partial charge on any atom is 0.182 e. The highest BCUT2D eigenvalue weighted by Gasteiger charge is 2.28. The number of hydrogen-bond acceptors (Lipinski definition) is 2. The molecule has 84 valence electrons. The predicted octanol–water partition coefficient (Wildman–Crippen LogP) is 1.82. The van der Waals surface area contributed by atoms with E-state index in [1.807, 2.05) is 0 Å². The van der Waals surface area contributed by atoms with Crippen molar-refractivity contribution < 1.29 is 9.90 Å². The molecule has 2 heterocycles. The molecule has 1 unspecified atom stereocenters. The molecular weight excluding hydrogens is 204 g/mol. The number of aromatic amines is 2. The molecule has 16 heavy (non-hydrogen) atoms. The van der Waals surface area contributed by atoms with Crippen molar-refractivity contribution in [2.45, 2.75) is 18.9 Å². The maximum atomic E-state index is 11.8. The predicted molar refractivity (Wildman–Crippen MR) is 60.1 cm³/mol. The van der Waals surface area contributed by atoms with Crippen LogP contribution in [0, 0.1) is 0 Å². The Kier molecular flexibility index (Phi) is 2.66. The third kappa shape index (κ3) is 2.06. The molecule has 1 atom stereocenters. The monoisotopic (exact) mass is 218 g/mol. The lowest BCUT2D eigenvalue weighted by Gasteiger charge is -2.20. The Morgan fingerprint density at radius 1 is 1.31 bits per heavy atom. The number of hydrogen-bond donors (Lipinski definition) is 3. The van der Waals surface area contributed by atoms with Crippen molar-refractivity contribution in [2.75, 3.05) is 0 Å². The van der Waals surface area contributed by atoms with Gasteiger partial charge in [0.25, 0.3) is 0 Å². The van der Waals surface area contributed by atoms with Gasteiger partial charge in [0.05, 0.1) is 5.69 Å². The zero-order valence-electron chi connectivity index (χ0n) is 9.03. The lowest BCUT2D eigenvalue weighted by Crippen LogP contribution is -2.25. The van der Waals surface area contributed by atoms with Gasteiger partial charge in [0.15, 0.2) is 5.78 Å². The summed E-state index contributed by atoms with van der Waals surface area (Å²) in [5.41, 5.74) is 0.00494. The van der Waals surface area contributed by atoms with E-state index in [0.29, 0.717) is 11.4 Å². The number of carbonyl (C=O) groups is 1. The van der Waals surface area contributed by atoms with E-state index in [9.17, 15) is 9.90 Å². The largest absolute Gasteiger partial charge is 0.383 e. The first-order valence-corrected chi connectivity index (χ1v) is 5.12. The van der Waals surface area contributed by atoms with Crippen molar-refractivity contribution in [3.05, 3.63) is 48.0 Å². The van der Waals surface area contributed by atoms with Gasteiger partial charge in [-0.3, -0.25) is 4.79 Å². The van der Waals surface area contributed by atoms with Crippen molar-refractivity contribution in [3.63, 3.8) is 0 Å². The molecule has 0 aromatic carbocycles. The summed E-state index contributed by atoms with van der Waals surface area (Å²) in [6.07, 6.45) is 3.47. The number of aromatic nitrogens is 2. The van der Waals surface area contributed by atoms with E-state index >= 15 is 0 Å². The van der Waals surface area contributed by atoms with Crippen LogP contribution in [0.5, 0.6) is 0 Å². The normalized spacial score (nSPS) is 14.6. The average molecular weight is 218 g/mol. The molecule has 0 aliphatic heterocycles. The van der Waals surface area contributed by atoms with Gasteiger partial charge in [-0.05, 0) is 31.2 Å². The number of nitrogens with one attached hydrogen (secondary N) is 2.